The zero-order valence-corrected chi connectivity index (χ0v) is 20.1. The van der Waals surface area contributed by atoms with E-state index in [1.165, 1.54) is 12.1 Å². The molecule has 1 aromatic heterocycles. The summed E-state index contributed by atoms with van der Waals surface area (Å²) in [5, 5.41) is 3.62. The van der Waals surface area contributed by atoms with Gasteiger partial charge in [0.15, 0.2) is 11.9 Å². The van der Waals surface area contributed by atoms with E-state index in [4.69, 9.17) is 32.7 Å². The van der Waals surface area contributed by atoms with Gasteiger partial charge >= 0.3 is 6.09 Å². The topological polar surface area (TPSA) is 96.6 Å². The number of carbonyl (C=O) groups is 2. The van der Waals surface area contributed by atoms with Crippen molar-refractivity contribution in [2.24, 2.45) is 0 Å². The zero-order chi connectivity index (χ0) is 24.5. The first-order valence-electron chi connectivity index (χ1n) is 11.4. The van der Waals surface area contributed by atoms with E-state index < -0.39 is 11.9 Å². The molecule has 1 saturated carbocycles. The van der Waals surface area contributed by atoms with Crippen molar-refractivity contribution in [2.45, 2.75) is 43.9 Å². The zero-order valence-electron chi connectivity index (χ0n) is 18.6. The van der Waals surface area contributed by atoms with Gasteiger partial charge in [-0.15, -0.1) is 0 Å². The molecular formula is C24H23Cl2FN4O4. The van der Waals surface area contributed by atoms with Gasteiger partial charge in [0, 0.05) is 23.2 Å². The Hall–Kier alpha value is -3.04. The van der Waals surface area contributed by atoms with Crippen molar-refractivity contribution in [3.63, 3.8) is 0 Å². The van der Waals surface area contributed by atoms with E-state index in [0.29, 0.717) is 28.4 Å². The molecule has 5 rings (SSSR count). The van der Waals surface area contributed by atoms with E-state index in [1.54, 1.807) is 29.2 Å². The highest BCUT2D eigenvalue weighted by Crippen LogP contribution is 2.28. The van der Waals surface area contributed by atoms with Crippen LogP contribution in [0.5, 0.6) is 5.75 Å². The van der Waals surface area contributed by atoms with Gasteiger partial charge in [-0.2, -0.15) is 0 Å². The molecule has 35 heavy (non-hydrogen) atoms. The Bertz CT molecular complexity index is 1260. The minimum absolute atomic E-state index is 0.00638. The number of cyclic esters (lactones) is 1. The molecular weight excluding hydrogens is 498 g/mol. The van der Waals surface area contributed by atoms with Crippen LogP contribution in [0.4, 0.5) is 9.18 Å². The minimum atomic E-state index is -0.567. The van der Waals surface area contributed by atoms with E-state index >= 15 is 0 Å². The molecule has 1 atom stereocenters. The summed E-state index contributed by atoms with van der Waals surface area (Å²) in [5.74, 6) is -0.263. The number of carbonyl (C=O) groups excluding carboxylic acids is 2. The Kier molecular flexibility index (Phi) is 6.71. The van der Waals surface area contributed by atoms with Gasteiger partial charge in [0.2, 0.25) is 0 Å². The van der Waals surface area contributed by atoms with E-state index in [2.05, 4.69) is 15.3 Å². The fourth-order valence-corrected chi connectivity index (χ4v) is 4.85. The molecule has 3 aromatic rings. The molecule has 2 amide bonds. The lowest BCUT2D eigenvalue weighted by Crippen LogP contribution is -2.44. The summed E-state index contributed by atoms with van der Waals surface area (Å²) in [7, 11) is 0. The number of aromatic amines is 1. The number of nitrogens with one attached hydrogen (secondary N) is 2. The maximum absolute atomic E-state index is 13.6. The van der Waals surface area contributed by atoms with E-state index in [-0.39, 0.29) is 41.5 Å². The first-order valence-corrected chi connectivity index (χ1v) is 12.1. The van der Waals surface area contributed by atoms with Crippen LogP contribution < -0.4 is 10.1 Å². The second-order valence-electron chi connectivity index (χ2n) is 8.77. The summed E-state index contributed by atoms with van der Waals surface area (Å²) in [6.45, 7) is 0.523. The molecule has 11 heteroatoms. The summed E-state index contributed by atoms with van der Waals surface area (Å²) in [6.07, 6.45) is 2.13. The van der Waals surface area contributed by atoms with Gasteiger partial charge in [-0.1, -0.05) is 23.2 Å². The fraction of sp³-hybridized carbons (Fsp3) is 0.375. The maximum Gasteiger partial charge on any atom is 0.410 e. The van der Waals surface area contributed by atoms with Crippen molar-refractivity contribution < 1.29 is 23.5 Å². The van der Waals surface area contributed by atoms with Gasteiger partial charge in [-0.3, -0.25) is 4.79 Å². The Labute approximate surface area is 210 Å². The molecule has 1 aliphatic heterocycles. The second-order valence-corrected chi connectivity index (χ2v) is 9.61. The lowest BCUT2D eigenvalue weighted by molar-refractivity contribution is 0.0896. The lowest BCUT2D eigenvalue weighted by atomic mass is 9.90. The number of H-pyrrole nitrogens is 1. The monoisotopic (exact) mass is 520 g/mol. The summed E-state index contributed by atoms with van der Waals surface area (Å²) >= 11 is 11.7. The number of aromatic nitrogens is 2. The van der Waals surface area contributed by atoms with Crippen LogP contribution in [0, 0.1) is 5.82 Å². The van der Waals surface area contributed by atoms with Crippen LogP contribution in [0.3, 0.4) is 0 Å². The standard InChI is InChI=1S/C24H23Cl2FN4O4/c25-13-1-8-20-21(9-13)30-22(29-20)23(32)28-14-2-4-15(5-3-14)31-11-17(35-24(31)33)12-34-16-6-7-18(26)19(27)10-16/h1,6-10,14-15,17H,2-5,11-12H2,(H,28,32)(H,29,30)/t14-,15-,17?. The molecule has 2 fully saturated rings. The van der Waals surface area contributed by atoms with Gasteiger partial charge < -0.3 is 24.7 Å². The molecule has 0 bridgehead atoms. The normalized spacial score (nSPS) is 22.3. The summed E-state index contributed by atoms with van der Waals surface area (Å²) in [5.41, 5.74) is 1.38. The predicted molar refractivity (Wildman–Crippen MR) is 128 cm³/mol. The largest absolute Gasteiger partial charge is 0.490 e. The van der Waals surface area contributed by atoms with E-state index in [1.807, 2.05) is 0 Å². The van der Waals surface area contributed by atoms with Crippen LogP contribution in [0.2, 0.25) is 10.0 Å². The molecule has 8 nitrogen and oxygen atoms in total. The highest BCUT2D eigenvalue weighted by molar-refractivity contribution is 6.31. The Morgan fingerprint density at radius 2 is 2.00 bits per heavy atom. The molecule has 2 aromatic carbocycles. The molecule has 1 aliphatic carbocycles. The van der Waals surface area contributed by atoms with Crippen molar-refractivity contribution in [1.29, 1.82) is 0 Å². The van der Waals surface area contributed by atoms with Gasteiger partial charge in [0.05, 0.1) is 22.6 Å². The third-order valence-electron chi connectivity index (χ3n) is 6.36. The number of rotatable bonds is 6. The Morgan fingerprint density at radius 3 is 2.77 bits per heavy atom. The van der Waals surface area contributed by atoms with Crippen molar-refractivity contribution in [1.82, 2.24) is 20.2 Å². The van der Waals surface area contributed by atoms with Gasteiger partial charge in [0.1, 0.15) is 18.2 Å². The van der Waals surface area contributed by atoms with Crippen LogP contribution in [-0.4, -0.2) is 58.2 Å². The van der Waals surface area contributed by atoms with Crippen molar-refractivity contribution in [3.8, 4) is 5.75 Å². The van der Waals surface area contributed by atoms with Crippen LogP contribution in [-0.2, 0) is 4.74 Å². The number of halogens is 3. The lowest BCUT2D eigenvalue weighted by Gasteiger charge is -2.33. The average molecular weight is 521 g/mol. The number of fused-ring (bicyclic) bond motifs is 1. The van der Waals surface area contributed by atoms with Crippen molar-refractivity contribution >= 4 is 46.2 Å². The van der Waals surface area contributed by atoms with Gasteiger partial charge in [-0.25, -0.2) is 14.2 Å². The molecule has 2 aliphatic rings. The molecule has 184 valence electrons. The second kappa shape index (κ2) is 9.91. The van der Waals surface area contributed by atoms with Crippen LogP contribution in [0.1, 0.15) is 36.3 Å². The number of hydrogen-bond acceptors (Lipinski definition) is 5. The number of benzene rings is 2. The molecule has 2 N–H and O–H groups in total. The third kappa shape index (κ3) is 5.31. The maximum atomic E-state index is 13.6. The molecule has 1 unspecified atom stereocenters. The Balaban J connectivity index is 1.10. The van der Waals surface area contributed by atoms with Crippen molar-refractivity contribution in [3.05, 3.63) is 58.1 Å². The number of amides is 2. The molecule has 1 saturated heterocycles. The van der Waals surface area contributed by atoms with E-state index in [9.17, 15) is 14.0 Å². The summed E-state index contributed by atoms with van der Waals surface area (Å²) in [4.78, 5) is 34.1. The smallest absolute Gasteiger partial charge is 0.410 e. The predicted octanol–water partition coefficient (Wildman–Crippen LogP) is 4.95. The van der Waals surface area contributed by atoms with Crippen LogP contribution >= 0.6 is 23.2 Å². The minimum Gasteiger partial charge on any atom is -0.490 e. The first-order chi connectivity index (χ1) is 16.9. The number of hydrogen-bond donors (Lipinski definition) is 2. The fourth-order valence-electron chi connectivity index (χ4n) is 4.56. The molecule has 2 heterocycles. The third-order valence-corrected chi connectivity index (χ3v) is 6.90. The number of ether oxygens (including phenoxy) is 2. The SMILES string of the molecule is O=C(N[C@H]1CC[C@H](N2CC(COc3ccc(Cl)c(F)c3)OC2=O)CC1)c1nc2ccc(Cl)cc2[nH]1. The summed E-state index contributed by atoms with van der Waals surface area (Å²) in [6, 6.07) is 9.42. The van der Waals surface area contributed by atoms with Crippen LogP contribution in [0.25, 0.3) is 11.0 Å². The first kappa shape index (κ1) is 23.7. The van der Waals surface area contributed by atoms with Gasteiger partial charge in [-0.05, 0) is 56.0 Å². The average Bonchev–Trinajstić information content (AvgIpc) is 3.43. The highest BCUT2D eigenvalue weighted by atomic mass is 35.5. The quantitative estimate of drug-likeness (QED) is 0.479. The molecule has 0 spiro atoms. The Morgan fingerprint density at radius 1 is 1.20 bits per heavy atom. The van der Waals surface area contributed by atoms with Crippen molar-refractivity contribution in [2.75, 3.05) is 13.2 Å². The van der Waals surface area contributed by atoms with Crippen LogP contribution in [0.15, 0.2) is 36.4 Å². The number of nitrogens with zero attached hydrogens (tertiary/aromatic N) is 2. The van der Waals surface area contributed by atoms with Gasteiger partial charge in [0.25, 0.3) is 5.91 Å². The highest BCUT2D eigenvalue weighted by Gasteiger charge is 2.38. The van der Waals surface area contributed by atoms with E-state index in [0.717, 1.165) is 25.7 Å². The summed E-state index contributed by atoms with van der Waals surface area (Å²) < 4.78 is 24.6. The molecule has 0 radical (unpaired) electrons. The number of imidazole rings is 1.